The van der Waals surface area contributed by atoms with Crippen LogP contribution in [0.3, 0.4) is 0 Å². The van der Waals surface area contributed by atoms with Gasteiger partial charge >= 0.3 is 0 Å². The van der Waals surface area contributed by atoms with Crippen LogP contribution in [-0.4, -0.2) is 17.1 Å². The van der Waals surface area contributed by atoms with Crippen LogP contribution >= 0.6 is 15.9 Å². The zero-order chi connectivity index (χ0) is 13.1. The van der Waals surface area contributed by atoms with Gasteiger partial charge in [-0.05, 0) is 48.0 Å². The first-order valence-electron chi connectivity index (χ1n) is 5.42. The van der Waals surface area contributed by atoms with Crippen LogP contribution in [0.25, 0.3) is 0 Å². The van der Waals surface area contributed by atoms with Gasteiger partial charge < -0.3 is 9.47 Å². The van der Waals surface area contributed by atoms with E-state index < -0.39 is 0 Å². The van der Waals surface area contributed by atoms with E-state index >= 15 is 0 Å². The van der Waals surface area contributed by atoms with Gasteiger partial charge in [0.05, 0.1) is 23.0 Å². The van der Waals surface area contributed by atoms with Gasteiger partial charge in [-0.3, -0.25) is 4.98 Å². The van der Waals surface area contributed by atoms with Crippen LogP contribution in [0.2, 0.25) is 0 Å². The van der Waals surface area contributed by atoms with Crippen molar-refractivity contribution in [1.82, 2.24) is 9.97 Å². The molecule has 0 spiro atoms. The third kappa shape index (κ3) is 2.79. The minimum Gasteiger partial charge on any atom is -0.497 e. The highest BCUT2D eigenvalue weighted by molar-refractivity contribution is 9.10. The molecule has 0 bridgehead atoms. The SMILES string of the molecule is COc1ccc(Oc2nc(C)cnc2C)c(Br)c1. The minimum atomic E-state index is 0.515. The first-order valence-corrected chi connectivity index (χ1v) is 6.21. The van der Waals surface area contributed by atoms with E-state index in [0.29, 0.717) is 11.6 Å². The molecule has 94 valence electrons. The first-order chi connectivity index (χ1) is 8.60. The second kappa shape index (κ2) is 5.35. The number of aryl methyl sites for hydroxylation is 2. The summed E-state index contributed by atoms with van der Waals surface area (Å²) < 4.78 is 11.7. The van der Waals surface area contributed by atoms with Gasteiger partial charge in [0.1, 0.15) is 11.5 Å². The van der Waals surface area contributed by atoms with Crippen LogP contribution in [0.15, 0.2) is 28.9 Å². The van der Waals surface area contributed by atoms with Crippen LogP contribution in [0.5, 0.6) is 17.4 Å². The fraction of sp³-hybridized carbons (Fsp3) is 0.231. The molecule has 2 aromatic rings. The molecule has 0 saturated heterocycles. The van der Waals surface area contributed by atoms with E-state index in [4.69, 9.17) is 9.47 Å². The number of benzene rings is 1. The van der Waals surface area contributed by atoms with Crippen molar-refractivity contribution in [3.8, 4) is 17.4 Å². The van der Waals surface area contributed by atoms with Gasteiger partial charge in [-0.1, -0.05) is 0 Å². The molecule has 0 amide bonds. The molecule has 0 N–H and O–H groups in total. The largest absolute Gasteiger partial charge is 0.497 e. The van der Waals surface area contributed by atoms with Crippen molar-refractivity contribution in [1.29, 1.82) is 0 Å². The predicted octanol–water partition coefficient (Wildman–Crippen LogP) is 3.66. The summed E-state index contributed by atoms with van der Waals surface area (Å²) in [5.74, 6) is 1.96. The van der Waals surface area contributed by atoms with E-state index in [0.717, 1.165) is 21.6 Å². The van der Waals surface area contributed by atoms with E-state index in [1.807, 2.05) is 32.0 Å². The summed E-state index contributed by atoms with van der Waals surface area (Å²) in [6.45, 7) is 3.74. The molecule has 0 aliphatic heterocycles. The predicted molar refractivity (Wildman–Crippen MR) is 72.3 cm³/mol. The Hall–Kier alpha value is -1.62. The molecule has 0 aliphatic rings. The third-order valence-electron chi connectivity index (χ3n) is 2.38. The van der Waals surface area contributed by atoms with Crippen molar-refractivity contribution in [2.45, 2.75) is 13.8 Å². The number of halogens is 1. The number of ether oxygens (including phenoxy) is 2. The molecule has 0 saturated carbocycles. The number of hydrogen-bond donors (Lipinski definition) is 0. The van der Waals surface area contributed by atoms with Crippen molar-refractivity contribution in [3.63, 3.8) is 0 Å². The van der Waals surface area contributed by atoms with Crippen molar-refractivity contribution in [3.05, 3.63) is 40.3 Å². The summed E-state index contributed by atoms with van der Waals surface area (Å²) in [7, 11) is 1.62. The van der Waals surface area contributed by atoms with E-state index in [9.17, 15) is 0 Å². The highest BCUT2D eigenvalue weighted by atomic mass is 79.9. The fourth-order valence-corrected chi connectivity index (χ4v) is 1.85. The molecule has 18 heavy (non-hydrogen) atoms. The lowest BCUT2D eigenvalue weighted by molar-refractivity contribution is 0.411. The molecule has 2 rings (SSSR count). The van der Waals surface area contributed by atoms with Crippen LogP contribution in [0.1, 0.15) is 11.4 Å². The van der Waals surface area contributed by atoms with Gasteiger partial charge in [0.2, 0.25) is 5.88 Å². The normalized spacial score (nSPS) is 10.2. The van der Waals surface area contributed by atoms with Gasteiger partial charge in [0.25, 0.3) is 0 Å². The molecule has 0 radical (unpaired) electrons. The zero-order valence-corrected chi connectivity index (χ0v) is 12.0. The number of aromatic nitrogens is 2. The van der Waals surface area contributed by atoms with Crippen molar-refractivity contribution < 1.29 is 9.47 Å². The molecule has 4 nitrogen and oxygen atoms in total. The Bertz CT molecular complexity index is 573. The summed E-state index contributed by atoms with van der Waals surface area (Å²) in [6, 6.07) is 5.50. The Kier molecular flexibility index (Phi) is 3.81. The molecular weight excluding hydrogens is 296 g/mol. The van der Waals surface area contributed by atoms with Gasteiger partial charge in [0, 0.05) is 6.20 Å². The molecular formula is C13H13BrN2O2. The van der Waals surface area contributed by atoms with Gasteiger partial charge in [-0.15, -0.1) is 0 Å². The molecule has 1 aromatic carbocycles. The van der Waals surface area contributed by atoms with E-state index in [2.05, 4.69) is 25.9 Å². The monoisotopic (exact) mass is 308 g/mol. The van der Waals surface area contributed by atoms with Crippen molar-refractivity contribution in [2.75, 3.05) is 7.11 Å². The maximum absolute atomic E-state index is 5.74. The smallest absolute Gasteiger partial charge is 0.241 e. The molecule has 0 fully saturated rings. The van der Waals surface area contributed by atoms with Crippen molar-refractivity contribution >= 4 is 15.9 Å². The first kappa shape index (κ1) is 12.8. The number of hydrogen-bond acceptors (Lipinski definition) is 4. The van der Waals surface area contributed by atoms with Crippen LogP contribution in [0.4, 0.5) is 0 Å². The zero-order valence-electron chi connectivity index (χ0n) is 10.4. The maximum atomic E-state index is 5.74. The lowest BCUT2D eigenvalue weighted by Crippen LogP contribution is -1.96. The van der Waals surface area contributed by atoms with E-state index in [-0.39, 0.29) is 0 Å². The lowest BCUT2D eigenvalue weighted by atomic mass is 10.3. The second-order valence-corrected chi connectivity index (χ2v) is 4.65. The standard InChI is InChI=1S/C13H13BrN2O2/c1-8-7-15-9(2)13(16-8)18-12-5-4-10(17-3)6-11(12)14/h4-7H,1-3H3. The average molecular weight is 309 g/mol. The summed E-state index contributed by atoms with van der Waals surface area (Å²) in [6.07, 6.45) is 1.71. The van der Waals surface area contributed by atoms with Gasteiger partial charge in [-0.25, -0.2) is 4.98 Å². The lowest BCUT2D eigenvalue weighted by Gasteiger charge is -2.10. The summed E-state index contributed by atoms with van der Waals surface area (Å²) in [4.78, 5) is 8.53. The van der Waals surface area contributed by atoms with E-state index in [1.54, 1.807) is 13.3 Å². The molecule has 0 unspecified atom stereocenters. The van der Waals surface area contributed by atoms with Gasteiger partial charge in [-0.2, -0.15) is 0 Å². The molecule has 1 aromatic heterocycles. The average Bonchev–Trinajstić information content (AvgIpc) is 2.36. The molecule has 0 atom stereocenters. The Balaban J connectivity index is 2.31. The summed E-state index contributed by atoms with van der Waals surface area (Å²) in [5, 5.41) is 0. The molecule has 5 heteroatoms. The summed E-state index contributed by atoms with van der Waals surface area (Å²) >= 11 is 3.44. The fourth-order valence-electron chi connectivity index (χ4n) is 1.41. The second-order valence-electron chi connectivity index (χ2n) is 3.80. The minimum absolute atomic E-state index is 0.515. The van der Waals surface area contributed by atoms with Crippen LogP contribution < -0.4 is 9.47 Å². The maximum Gasteiger partial charge on any atom is 0.241 e. The molecule has 0 aliphatic carbocycles. The highest BCUT2D eigenvalue weighted by Crippen LogP contribution is 2.32. The Morgan fingerprint density at radius 1 is 1.22 bits per heavy atom. The molecule has 1 heterocycles. The third-order valence-corrected chi connectivity index (χ3v) is 3.00. The number of rotatable bonds is 3. The van der Waals surface area contributed by atoms with Crippen molar-refractivity contribution in [2.24, 2.45) is 0 Å². The topological polar surface area (TPSA) is 44.2 Å². The number of nitrogens with zero attached hydrogens (tertiary/aromatic N) is 2. The highest BCUT2D eigenvalue weighted by Gasteiger charge is 2.08. The van der Waals surface area contributed by atoms with Crippen LogP contribution in [-0.2, 0) is 0 Å². The van der Waals surface area contributed by atoms with Gasteiger partial charge in [0.15, 0.2) is 0 Å². The Labute approximate surface area is 114 Å². The summed E-state index contributed by atoms with van der Waals surface area (Å²) in [5.41, 5.74) is 1.57. The quantitative estimate of drug-likeness (QED) is 0.868. The van der Waals surface area contributed by atoms with E-state index in [1.165, 1.54) is 0 Å². The van der Waals surface area contributed by atoms with Crippen LogP contribution in [0, 0.1) is 13.8 Å². The number of methoxy groups -OCH3 is 1. The Morgan fingerprint density at radius 3 is 2.67 bits per heavy atom. The Morgan fingerprint density at radius 2 is 2.00 bits per heavy atom.